The molecule has 1 aromatic rings. The highest BCUT2D eigenvalue weighted by Crippen LogP contribution is 2.29. The van der Waals surface area contributed by atoms with Crippen molar-refractivity contribution in [1.29, 1.82) is 0 Å². The van der Waals surface area contributed by atoms with Gasteiger partial charge in [0.05, 0.1) is 12.1 Å². The van der Waals surface area contributed by atoms with E-state index in [1.807, 2.05) is 4.90 Å². The lowest BCUT2D eigenvalue weighted by Gasteiger charge is -2.35. The Bertz CT molecular complexity index is 619. The van der Waals surface area contributed by atoms with E-state index in [9.17, 15) is 18.0 Å². The van der Waals surface area contributed by atoms with E-state index in [1.165, 1.54) is 18.9 Å². The van der Waals surface area contributed by atoms with Crippen molar-refractivity contribution in [3.05, 3.63) is 23.9 Å². The van der Waals surface area contributed by atoms with Crippen molar-refractivity contribution >= 4 is 11.7 Å². The van der Waals surface area contributed by atoms with Crippen molar-refractivity contribution in [3.63, 3.8) is 0 Å². The number of pyridine rings is 1. The fraction of sp³-hybridized carbons (Fsp3) is 0.684. The summed E-state index contributed by atoms with van der Waals surface area (Å²) in [6.45, 7) is 5.30. The maximum atomic E-state index is 12.6. The molecule has 0 radical (unpaired) electrons. The first-order valence-corrected chi connectivity index (χ1v) is 9.61. The zero-order valence-corrected chi connectivity index (χ0v) is 15.6. The highest BCUT2D eigenvalue weighted by Gasteiger charge is 2.31. The monoisotopic (exact) mass is 384 g/mol. The van der Waals surface area contributed by atoms with Crippen LogP contribution >= 0.6 is 0 Å². The molecule has 1 aliphatic carbocycles. The molecule has 0 aromatic carbocycles. The zero-order valence-electron chi connectivity index (χ0n) is 15.6. The molecule has 1 saturated heterocycles. The topological polar surface area (TPSA) is 48.5 Å². The second-order valence-corrected chi connectivity index (χ2v) is 7.69. The van der Waals surface area contributed by atoms with Gasteiger partial charge in [-0.1, -0.05) is 6.92 Å². The third-order valence-corrected chi connectivity index (χ3v) is 5.52. The van der Waals surface area contributed by atoms with Gasteiger partial charge in [-0.3, -0.25) is 9.69 Å². The molecule has 0 spiro atoms. The van der Waals surface area contributed by atoms with Gasteiger partial charge >= 0.3 is 6.18 Å². The molecule has 1 aliphatic heterocycles. The lowest BCUT2D eigenvalue weighted by molar-refractivity contribution is -0.137. The Morgan fingerprint density at radius 2 is 1.81 bits per heavy atom. The number of hydrogen-bond donors (Lipinski definition) is 1. The quantitative estimate of drug-likeness (QED) is 0.867. The van der Waals surface area contributed by atoms with Gasteiger partial charge in [0.2, 0.25) is 5.91 Å². The summed E-state index contributed by atoms with van der Waals surface area (Å²) in [5.41, 5.74) is -0.737. The van der Waals surface area contributed by atoms with Crippen LogP contribution in [0.1, 0.15) is 38.2 Å². The van der Waals surface area contributed by atoms with Crippen LogP contribution in [0, 0.1) is 5.92 Å². The standard InChI is InChI=1S/C19H27F3N4O/c1-14-2-5-16(6-3-14)24-18(27)13-25-8-10-26(11-9-25)17-7-4-15(12-23-17)19(20,21)22/h4,7,12,14,16H,2-3,5-6,8-11,13H2,1H3,(H,24,27). The predicted octanol–water partition coefficient (Wildman–Crippen LogP) is 2.92. The number of carbonyl (C=O) groups excluding carboxylic acids is 1. The van der Waals surface area contributed by atoms with Crippen LogP contribution in [-0.4, -0.2) is 54.6 Å². The molecule has 1 aromatic heterocycles. The molecule has 27 heavy (non-hydrogen) atoms. The van der Waals surface area contributed by atoms with Crippen LogP contribution in [0.5, 0.6) is 0 Å². The fourth-order valence-electron chi connectivity index (χ4n) is 3.76. The first-order chi connectivity index (χ1) is 12.8. The maximum absolute atomic E-state index is 12.6. The molecule has 5 nitrogen and oxygen atoms in total. The van der Waals surface area contributed by atoms with E-state index in [2.05, 4.69) is 22.1 Å². The number of hydrogen-bond acceptors (Lipinski definition) is 4. The average molecular weight is 384 g/mol. The Labute approximate surface area is 157 Å². The van der Waals surface area contributed by atoms with Crippen molar-refractivity contribution in [3.8, 4) is 0 Å². The van der Waals surface area contributed by atoms with Gasteiger partial charge in [0.25, 0.3) is 0 Å². The second-order valence-electron chi connectivity index (χ2n) is 7.69. The molecule has 3 rings (SSSR count). The third-order valence-electron chi connectivity index (χ3n) is 5.52. The van der Waals surface area contributed by atoms with Crippen molar-refractivity contribution in [2.24, 2.45) is 5.92 Å². The van der Waals surface area contributed by atoms with Gasteiger partial charge in [-0.15, -0.1) is 0 Å². The largest absolute Gasteiger partial charge is 0.417 e. The van der Waals surface area contributed by atoms with E-state index in [-0.39, 0.29) is 5.91 Å². The van der Waals surface area contributed by atoms with Gasteiger partial charge in [-0.25, -0.2) is 4.98 Å². The second kappa shape index (κ2) is 8.46. The van der Waals surface area contributed by atoms with Gasteiger partial charge in [0.1, 0.15) is 5.82 Å². The first kappa shape index (κ1) is 19.9. The smallest absolute Gasteiger partial charge is 0.354 e. The molecule has 8 heteroatoms. The lowest BCUT2D eigenvalue weighted by Crippen LogP contribution is -2.51. The van der Waals surface area contributed by atoms with Crippen LogP contribution in [0.25, 0.3) is 0 Å². The van der Waals surface area contributed by atoms with Crippen LogP contribution in [0.4, 0.5) is 19.0 Å². The minimum Gasteiger partial charge on any atom is -0.354 e. The summed E-state index contributed by atoms with van der Waals surface area (Å²) in [7, 11) is 0. The number of amides is 1. The van der Waals surface area contributed by atoms with E-state index in [1.54, 1.807) is 0 Å². The van der Waals surface area contributed by atoms with E-state index in [0.29, 0.717) is 44.6 Å². The summed E-state index contributed by atoms with van der Waals surface area (Å²) >= 11 is 0. The summed E-state index contributed by atoms with van der Waals surface area (Å²) < 4.78 is 37.9. The number of nitrogens with one attached hydrogen (secondary N) is 1. The summed E-state index contributed by atoms with van der Waals surface area (Å²) in [5.74, 6) is 1.36. The third kappa shape index (κ3) is 5.57. The molecule has 0 atom stereocenters. The first-order valence-electron chi connectivity index (χ1n) is 9.61. The van der Waals surface area contributed by atoms with Gasteiger partial charge in [-0.2, -0.15) is 13.2 Å². The molecular weight excluding hydrogens is 357 g/mol. The number of nitrogens with zero attached hydrogens (tertiary/aromatic N) is 3. The van der Waals surface area contributed by atoms with Crippen LogP contribution in [0.3, 0.4) is 0 Å². The fourth-order valence-corrected chi connectivity index (χ4v) is 3.76. The normalized spacial score (nSPS) is 24.7. The molecule has 2 aliphatic rings. The van der Waals surface area contributed by atoms with Gasteiger partial charge < -0.3 is 10.2 Å². The summed E-state index contributed by atoms with van der Waals surface area (Å²) in [4.78, 5) is 20.2. The number of anilines is 1. The SMILES string of the molecule is CC1CCC(NC(=O)CN2CCN(c3ccc(C(F)(F)F)cn3)CC2)CC1. The molecule has 0 unspecified atom stereocenters. The van der Waals surface area contributed by atoms with Crippen LogP contribution in [0.2, 0.25) is 0 Å². The van der Waals surface area contributed by atoms with E-state index >= 15 is 0 Å². The highest BCUT2D eigenvalue weighted by molar-refractivity contribution is 5.78. The minimum absolute atomic E-state index is 0.0654. The minimum atomic E-state index is -4.37. The lowest BCUT2D eigenvalue weighted by atomic mass is 9.87. The van der Waals surface area contributed by atoms with Gasteiger partial charge in [-0.05, 0) is 43.7 Å². The number of carbonyl (C=O) groups is 1. The number of halogens is 3. The van der Waals surface area contributed by atoms with Crippen molar-refractivity contribution in [2.75, 3.05) is 37.6 Å². The maximum Gasteiger partial charge on any atom is 0.417 e. The average Bonchev–Trinajstić information content (AvgIpc) is 2.64. The molecule has 2 fully saturated rings. The Kier molecular flexibility index (Phi) is 6.24. The van der Waals surface area contributed by atoms with E-state index in [4.69, 9.17) is 0 Å². The number of alkyl halides is 3. The predicted molar refractivity (Wildman–Crippen MR) is 97.5 cm³/mol. The Morgan fingerprint density at radius 1 is 1.15 bits per heavy atom. The van der Waals surface area contributed by atoms with Gasteiger partial charge in [0.15, 0.2) is 0 Å². The Balaban J connectivity index is 1.42. The van der Waals surface area contributed by atoms with Gasteiger partial charge in [0, 0.05) is 38.4 Å². The number of aromatic nitrogens is 1. The molecule has 1 amide bonds. The summed E-state index contributed by atoms with van der Waals surface area (Å²) in [5, 5.41) is 3.14. The number of rotatable bonds is 4. The zero-order chi connectivity index (χ0) is 19.4. The van der Waals surface area contributed by atoms with Crippen LogP contribution < -0.4 is 10.2 Å². The highest BCUT2D eigenvalue weighted by atomic mass is 19.4. The summed E-state index contributed by atoms with van der Waals surface area (Å²) in [6.07, 6.45) is 0.961. The molecule has 2 heterocycles. The van der Waals surface area contributed by atoms with E-state index < -0.39 is 11.7 Å². The van der Waals surface area contributed by atoms with Crippen molar-refractivity contribution < 1.29 is 18.0 Å². The summed E-state index contributed by atoms with van der Waals surface area (Å²) in [6, 6.07) is 2.77. The van der Waals surface area contributed by atoms with Crippen molar-refractivity contribution in [2.45, 2.75) is 44.8 Å². The van der Waals surface area contributed by atoms with Crippen LogP contribution in [0.15, 0.2) is 18.3 Å². The Morgan fingerprint density at radius 3 is 2.37 bits per heavy atom. The van der Waals surface area contributed by atoms with Crippen molar-refractivity contribution in [1.82, 2.24) is 15.2 Å². The molecular formula is C19H27F3N4O. The Hall–Kier alpha value is -1.83. The molecule has 150 valence electrons. The molecule has 1 saturated carbocycles. The van der Waals surface area contributed by atoms with E-state index in [0.717, 1.165) is 31.0 Å². The number of piperazine rings is 1. The van der Waals surface area contributed by atoms with Crippen LogP contribution in [-0.2, 0) is 11.0 Å². The molecule has 0 bridgehead atoms. The molecule has 1 N–H and O–H groups in total.